The fraction of sp³-hybridized carbons (Fsp3) is 0.105. The van der Waals surface area contributed by atoms with Crippen molar-refractivity contribution in [2.75, 3.05) is 0 Å². The second-order valence-corrected chi connectivity index (χ2v) is 11.6. The van der Waals surface area contributed by atoms with Crippen molar-refractivity contribution in [1.82, 2.24) is 14.5 Å². The maximum Gasteiger partial charge on any atom is 0.150 e. The van der Waals surface area contributed by atoms with E-state index < -0.39 is 6.17 Å². The molecule has 1 aliphatic rings. The summed E-state index contributed by atoms with van der Waals surface area (Å²) < 4.78 is 25.0. The van der Waals surface area contributed by atoms with Gasteiger partial charge in [-0.3, -0.25) is 9.55 Å². The van der Waals surface area contributed by atoms with Crippen molar-refractivity contribution in [1.29, 1.82) is 0 Å². The molecule has 43 heavy (non-hydrogen) atoms. The predicted octanol–water partition coefficient (Wildman–Crippen LogP) is 9.73. The van der Waals surface area contributed by atoms with Gasteiger partial charge in [-0.2, -0.15) is 0 Å². The molecule has 0 radical (unpaired) electrons. The summed E-state index contributed by atoms with van der Waals surface area (Å²) in [5.74, 6) is 1.70. The average Bonchev–Trinajstić information content (AvgIpc) is 3.39. The molecule has 7 aromatic rings. The van der Waals surface area contributed by atoms with Crippen molar-refractivity contribution in [3.8, 4) is 28.4 Å². The largest absolute Gasteiger partial charge is 0.457 e. The van der Waals surface area contributed by atoms with Crippen molar-refractivity contribution in [2.24, 2.45) is 0 Å². The Kier molecular flexibility index (Phi) is 5.70. The highest BCUT2D eigenvalue weighted by Gasteiger charge is 2.37. The number of ether oxygens (including phenoxy) is 1. The molecule has 0 aliphatic carbocycles. The lowest BCUT2D eigenvalue weighted by Gasteiger charge is -2.35. The van der Waals surface area contributed by atoms with Crippen LogP contribution in [0.1, 0.15) is 42.3 Å². The standard InChI is InChI=1S/C38H28FN3O/c1-38(2)30-15-3-4-17-32(30)43-33-19-18-28-29-14-9-21-41-37(29)42(36(28)34(33)38)27-13-8-12-26(23-27)35(39)25-11-7-10-24(22-25)31-16-5-6-20-40-31/h3-23,35H,1-2H3. The Morgan fingerprint density at radius 2 is 1.49 bits per heavy atom. The SMILES string of the molecule is CC1(C)c2ccccc2Oc2ccc3c4cccnc4n(-c4cccc(C(F)c5cccc(-c6ccccn6)c5)c4)c3c21. The Bertz CT molecular complexity index is 2170. The number of pyridine rings is 2. The maximum atomic E-state index is 16.3. The third kappa shape index (κ3) is 3.96. The van der Waals surface area contributed by atoms with E-state index in [2.05, 4.69) is 53.7 Å². The molecule has 0 spiro atoms. The van der Waals surface area contributed by atoms with Crippen LogP contribution in [-0.2, 0) is 5.41 Å². The molecule has 0 amide bonds. The monoisotopic (exact) mass is 561 g/mol. The first-order valence-corrected chi connectivity index (χ1v) is 14.5. The van der Waals surface area contributed by atoms with Crippen LogP contribution in [0.3, 0.4) is 0 Å². The Balaban J connectivity index is 1.32. The van der Waals surface area contributed by atoms with E-state index in [0.717, 1.165) is 61.5 Å². The number of fused-ring (bicyclic) bond motifs is 6. The van der Waals surface area contributed by atoms with Crippen molar-refractivity contribution < 1.29 is 9.13 Å². The molecule has 4 aromatic carbocycles. The van der Waals surface area contributed by atoms with E-state index in [1.165, 1.54) is 0 Å². The van der Waals surface area contributed by atoms with Gasteiger partial charge in [0.15, 0.2) is 6.17 Å². The Hall–Kier alpha value is -5.29. The maximum absolute atomic E-state index is 16.3. The van der Waals surface area contributed by atoms with Gasteiger partial charge in [-0.05, 0) is 71.8 Å². The summed E-state index contributed by atoms with van der Waals surface area (Å²) in [6, 6.07) is 37.5. The normalized spacial score (nSPS) is 14.2. The summed E-state index contributed by atoms with van der Waals surface area (Å²) in [7, 11) is 0. The van der Waals surface area contributed by atoms with E-state index in [-0.39, 0.29) is 5.41 Å². The zero-order valence-corrected chi connectivity index (χ0v) is 23.8. The van der Waals surface area contributed by atoms with Gasteiger partial charge >= 0.3 is 0 Å². The van der Waals surface area contributed by atoms with Crippen molar-refractivity contribution in [3.05, 3.63) is 150 Å². The second-order valence-electron chi connectivity index (χ2n) is 11.6. The lowest BCUT2D eigenvalue weighted by molar-refractivity contribution is 0.402. The molecule has 4 nitrogen and oxygen atoms in total. The first kappa shape index (κ1) is 25.4. The van der Waals surface area contributed by atoms with Crippen molar-refractivity contribution >= 4 is 21.9 Å². The highest BCUT2D eigenvalue weighted by Crippen LogP contribution is 2.52. The van der Waals surface area contributed by atoms with Gasteiger partial charge in [0.05, 0.1) is 11.2 Å². The molecule has 1 aliphatic heterocycles. The third-order valence-electron chi connectivity index (χ3n) is 8.62. The lowest BCUT2D eigenvalue weighted by Crippen LogP contribution is -2.25. The van der Waals surface area contributed by atoms with Crippen LogP contribution < -0.4 is 4.74 Å². The molecule has 8 rings (SSSR count). The van der Waals surface area contributed by atoms with E-state index in [0.29, 0.717) is 11.1 Å². The minimum absolute atomic E-state index is 0.345. The lowest BCUT2D eigenvalue weighted by atomic mass is 9.75. The molecule has 0 bridgehead atoms. The van der Waals surface area contributed by atoms with Gasteiger partial charge in [-0.1, -0.05) is 68.4 Å². The summed E-state index contributed by atoms with van der Waals surface area (Å²) in [6.45, 7) is 4.48. The molecule has 5 heteroatoms. The highest BCUT2D eigenvalue weighted by atomic mass is 19.1. The van der Waals surface area contributed by atoms with Gasteiger partial charge in [-0.25, -0.2) is 9.37 Å². The van der Waals surface area contributed by atoms with E-state index >= 15 is 4.39 Å². The molecule has 0 saturated carbocycles. The van der Waals surface area contributed by atoms with E-state index in [4.69, 9.17) is 9.72 Å². The topological polar surface area (TPSA) is 39.9 Å². The summed E-state index contributed by atoms with van der Waals surface area (Å²) >= 11 is 0. The summed E-state index contributed by atoms with van der Waals surface area (Å²) in [5.41, 5.74) is 7.44. The van der Waals surface area contributed by atoms with Crippen LogP contribution in [-0.4, -0.2) is 14.5 Å². The fourth-order valence-electron chi connectivity index (χ4n) is 6.58. The molecule has 0 saturated heterocycles. The third-order valence-corrected chi connectivity index (χ3v) is 8.62. The fourth-order valence-corrected chi connectivity index (χ4v) is 6.58. The zero-order valence-electron chi connectivity index (χ0n) is 23.8. The molecular weight excluding hydrogens is 533 g/mol. The Labute approximate surface area is 249 Å². The molecule has 3 aromatic heterocycles. The summed E-state index contributed by atoms with van der Waals surface area (Å²) in [5, 5.41) is 2.13. The number of para-hydroxylation sites is 1. The van der Waals surface area contributed by atoms with Gasteiger partial charge in [0.2, 0.25) is 0 Å². The smallest absolute Gasteiger partial charge is 0.150 e. The van der Waals surface area contributed by atoms with Crippen LogP contribution >= 0.6 is 0 Å². The van der Waals surface area contributed by atoms with Gasteiger partial charge in [0, 0.05) is 51.0 Å². The molecule has 1 atom stereocenters. The van der Waals surface area contributed by atoms with Crippen LogP contribution in [0.2, 0.25) is 0 Å². The van der Waals surface area contributed by atoms with E-state index in [1.807, 2.05) is 91.1 Å². The average molecular weight is 562 g/mol. The number of rotatable bonds is 4. The molecule has 4 heterocycles. The number of alkyl halides is 1. The Morgan fingerprint density at radius 3 is 2.35 bits per heavy atom. The number of benzene rings is 4. The molecule has 1 unspecified atom stereocenters. The Morgan fingerprint density at radius 1 is 0.698 bits per heavy atom. The van der Waals surface area contributed by atoms with Crippen LogP contribution in [0.15, 0.2) is 128 Å². The van der Waals surface area contributed by atoms with E-state index in [1.54, 1.807) is 6.20 Å². The van der Waals surface area contributed by atoms with Crippen LogP contribution in [0.5, 0.6) is 11.5 Å². The van der Waals surface area contributed by atoms with Gasteiger partial charge in [0.1, 0.15) is 17.1 Å². The summed E-state index contributed by atoms with van der Waals surface area (Å²) in [4.78, 5) is 9.28. The summed E-state index contributed by atoms with van der Waals surface area (Å²) in [6.07, 6.45) is 2.25. The number of halogens is 1. The molecule has 208 valence electrons. The molecular formula is C38H28FN3O. The number of hydrogen-bond acceptors (Lipinski definition) is 3. The van der Waals surface area contributed by atoms with Crippen molar-refractivity contribution in [2.45, 2.75) is 25.4 Å². The van der Waals surface area contributed by atoms with Crippen molar-refractivity contribution in [3.63, 3.8) is 0 Å². The first-order chi connectivity index (χ1) is 21.0. The van der Waals surface area contributed by atoms with E-state index in [9.17, 15) is 0 Å². The second kappa shape index (κ2) is 9.63. The number of aromatic nitrogens is 3. The van der Waals surface area contributed by atoms with Gasteiger partial charge in [0.25, 0.3) is 0 Å². The van der Waals surface area contributed by atoms with Gasteiger partial charge in [-0.15, -0.1) is 0 Å². The molecule has 0 fully saturated rings. The quantitative estimate of drug-likeness (QED) is 0.215. The number of hydrogen-bond donors (Lipinski definition) is 0. The minimum Gasteiger partial charge on any atom is -0.457 e. The van der Waals surface area contributed by atoms with Gasteiger partial charge < -0.3 is 4.74 Å². The zero-order chi connectivity index (χ0) is 29.1. The molecule has 0 N–H and O–H groups in total. The predicted molar refractivity (Wildman–Crippen MR) is 170 cm³/mol. The number of nitrogens with zero attached hydrogens (tertiary/aromatic N) is 3. The van der Waals surface area contributed by atoms with Crippen LogP contribution in [0, 0.1) is 0 Å². The first-order valence-electron chi connectivity index (χ1n) is 14.5. The highest BCUT2D eigenvalue weighted by molar-refractivity contribution is 6.10. The minimum atomic E-state index is -1.31. The van der Waals surface area contributed by atoms with Crippen LogP contribution in [0.25, 0.3) is 38.9 Å². The van der Waals surface area contributed by atoms with Crippen LogP contribution in [0.4, 0.5) is 4.39 Å².